The summed E-state index contributed by atoms with van der Waals surface area (Å²) >= 11 is 6.37. The van der Waals surface area contributed by atoms with Gasteiger partial charge in [-0.2, -0.15) is 5.10 Å². The third-order valence-corrected chi connectivity index (χ3v) is 6.96. The Hall–Kier alpha value is -2.87. The number of hydrogen-bond donors (Lipinski definition) is 1. The topological polar surface area (TPSA) is 93.5 Å². The van der Waals surface area contributed by atoms with Gasteiger partial charge in [0.15, 0.2) is 5.69 Å². The van der Waals surface area contributed by atoms with Crippen LogP contribution in [0.15, 0.2) is 24.3 Å². The monoisotopic (exact) mass is 472 g/mol. The molecule has 1 unspecified atom stereocenters. The van der Waals surface area contributed by atoms with Gasteiger partial charge in [0.25, 0.3) is 5.91 Å². The fourth-order valence-electron chi connectivity index (χ4n) is 4.69. The molecule has 1 atom stereocenters. The van der Waals surface area contributed by atoms with Crippen LogP contribution in [0.1, 0.15) is 72.5 Å². The number of aromatic nitrogens is 2. The number of anilines is 1. The van der Waals surface area contributed by atoms with E-state index in [1.165, 1.54) is 22.1 Å². The van der Waals surface area contributed by atoms with Crippen molar-refractivity contribution < 1.29 is 19.1 Å². The highest BCUT2D eigenvalue weighted by atomic mass is 35.5. The molecule has 2 aliphatic rings. The van der Waals surface area contributed by atoms with Gasteiger partial charge in [0, 0.05) is 22.8 Å². The first-order chi connectivity index (χ1) is 15.8. The summed E-state index contributed by atoms with van der Waals surface area (Å²) in [6.45, 7) is 5.55. The van der Waals surface area contributed by atoms with Gasteiger partial charge in [0.1, 0.15) is 11.2 Å². The van der Waals surface area contributed by atoms with E-state index < -0.39 is 17.4 Å². The van der Waals surface area contributed by atoms with Crippen molar-refractivity contribution in [3.05, 3.63) is 46.2 Å². The van der Waals surface area contributed by atoms with E-state index in [-0.39, 0.29) is 36.5 Å². The molecule has 4 rings (SSSR count). The lowest BCUT2D eigenvalue weighted by Gasteiger charge is -2.44. The molecule has 0 spiro atoms. The van der Waals surface area contributed by atoms with E-state index >= 15 is 0 Å². The Morgan fingerprint density at radius 3 is 2.70 bits per heavy atom. The number of halogens is 1. The number of ether oxygens (including phenoxy) is 1. The van der Waals surface area contributed by atoms with Gasteiger partial charge in [0.2, 0.25) is 5.91 Å². The lowest BCUT2D eigenvalue weighted by Crippen LogP contribution is -2.65. The van der Waals surface area contributed by atoms with Gasteiger partial charge in [-0.25, -0.2) is 4.79 Å². The average molecular weight is 473 g/mol. The van der Waals surface area contributed by atoms with Crippen molar-refractivity contribution in [2.45, 2.75) is 71.0 Å². The molecule has 1 saturated carbocycles. The van der Waals surface area contributed by atoms with E-state index in [0.29, 0.717) is 16.3 Å². The molecule has 0 radical (unpaired) electrons. The number of nitrogens with one attached hydrogen (secondary N) is 1. The van der Waals surface area contributed by atoms with E-state index in [9.17, 15) is 14.4 Å². The molecule has 1 aliphatic carbocycles. The third kappa shape index (κ3) is 4.24. The summed E-state index contributed by atoms with van der Waals surface area (Å²) in [4.78, 5) is 41.2. The zero-order valence-corrected chi connectivity index (χ0v) is 19.9. The Labute approximate surface area is 198 Å². The van der Waals surface area contributed by atoms with Crippen LogP contribution in [0.3, 0.4) is 0 Å². The number of esters is 1. The Morgan fingerprint density at radius 1 is 1.27 bits per heavy atom. The number of amides is 2. The highest BCUT2D eigenvalue weighted by molar-refractivity contribution is 6.32. The van der Waals surface area contributed by atoms with Crippen molar-refractivity contribution in [3.8, 4) is 0 Å². The van der Waals surface area contributed by atoms with Crippen LogP contribution in [0.25, 0.3) is 0 Å². The van der Waals surface area contributed by atoms with Gasteiger partial charge >= 0.3 is 5.97 Å². The highest BCUT2D eigenvalue weighted by Gasteiger charge is 2.50. The molecule has 1 fully saturated rings. The number of benzene rings is 1. The van der Waals surface area contributed by atoms with Crippen molar-refractivity contribution in [1.29, 1.82) is 0 Å². The van der Waals surface area contributed by atoms with E-state index in [0.717, 1.165) is 25.7 Å². The van der Waals surface area contributed by atoms with Gasteiger partial charge in [-0.3, -0.25) is 19.2 Å². The number of carbonyl (C=O) groups is 3. The van der Waals surface area contributed by atoms with Crippen LogP contribution in [0, 0.1) is 6.92 Å². The fourth-order valence-corrected chi connectivity index (χ4v) is 4.86. The first kappa shape index (κ1) is 23.3. The predicted molar refractivity (Wildman–Crippen MR) is 125 cm³/mol. The molecule has 33 heavy (non-hydrogen) atoms. The fraction of sp³-hybridized carbons (Fsp3) is 0.500. The van der Waals surface area contributed by atoms with Crippen molar-refractivity contribution in [1.82, 2.24) is 15.1 Å². The summed E-state index contributed by atoms with van der Waals surface area (Å²) in [6, 6.07) is 6.79. The summed E-state index contributed by atoms with van der Waals surface area (Å²) in [7, 11) is 0. The van der Waals surface area contributed by atoms with Gasteiger partial charge in [-0.1, -0.05) is 36.9 Å². The van der Waals surface area contributed by atoms with Crippen molar-refractivity contribution >= 4 is 35.1 Å². The molecule has 2 heterocycles. The lowest BCUT2D eigenvalue weighted by molar-refractivity contribution is -0.127. The van der Waals surface area contributed by atoms with Crippen LogP contribution in [0.2, 0.25) is 5.02 Å². The van der Waals surface area contributed by atoms with Gasteiger partial charge in [0.05, 0.1) is 13.2 Å². The number of rotatable bonds is 5. The second kappa shape index (κ2) is 9.17. The molecule has 9 heteroatoms. The number of carbonyl (C=O) groups excluding carboxylic acids is 3. The number of hydrogen-bond acceptors (Lipinski definition) is 5. The molecule has 0 saturated heterocycles. The lowest BCUT2D eigenvalue weighted by atomic mass is 9.90. The Kier molecular flexibility index (Phi) is 6.47. The normalized spacial score (nSPS) is 21.0. The molecule has 1 aliphatic heterocycles. The molecule has 2 amide bonds. The summed E-state index contributed by atoms with van der Waals surface area (Å²) in [5, 5.41) is 7.97. The molecule has 8 nitrogen and oxygen atoms in total. The largest absolute Gasteiger partial charge is 0.461 e. The summed E-state index contributed by atoms with van der Waals surface area (Å²) in [5.41, 5.74) is 0.247. The average Bonchev–Trinajstić information content (AvgIpc) is 3.21. The first-order valence-electron chi connectivity index (χ1n) is 11.4. The molecular weight excluding hydrogens is 444 g/mol. The van der Waals surface area contributed by atoms with Gasteiger partial charge in [-0.15, -0.1) is 0 Å². The predicted octanol–water partition coefficient (Wildman–Crippen LogP) is 3.89. The van der Waals surface area contributed by atoms with E-state index in [4.69, 9.17) is 16.3 Å². The van der Waals surface area contributed by atoms with Crippen molar-refractivity contribution in [3.63, 3.8) is 0 Å². The van der Waals surface area contributed by atoms with E-state index in [1.807, 2.05) is 6.92 Å². The smallest absolute Gasteiger partial charge is 0.358 e. The minimum absolute atomic E-state index is 0.0416. The van der Waals surface area contributed by atoms with Crippen LogP contribution >= 0.6 is 11.6 Å². The molecular formula is C24H29ClN4O4. The second-order valence-electron chi connectivity index (χ2n) is 8.90. The Balaban J connectivity index is 1.78. The third-order valence-electron chi connectivity index (χ3n) is 6.55. The minimum atomic E-state index is -1.27. The highest BCUT2D eigenvalue weighted by Crippen LogP contribution is 2.37. The molecule has 1 N–H and O–H groups in total. The van der Waals surface area contributed by atoms with Crippen molar-refractivity contribution in [2.24, 2.45) is 0 Å². The number of nitrogens with zero attached hydrogens (tertiary/aromatic N) is 3. The van der Waals surface area contributed by atoms with E-state index in [1.54, 1.807) is 32.0 Å². The maximum Gasteiger partial charge on any atom is 0.358 e. The van der Waals surface area contributed by atoms with Crippen LogP contribution in [-0.4, -0.2) is 45.8 Å². The van der Waals surface area contributed by atoms with Crippen LogP contribution in [0.4, 0.5) is 5.69 Å². The summed E-state index contributed by atoms with van der Waals surface area (Å²) in [6.07, 6.45) is 5.16. The Bertz CT molecular complexity index is 1090. The van der Waals surface area contributed by atoms with Gasteiger partial charge < -0.3 is 10.1 Å². The Morgan fingerprint density at radius 2 is 2.00 bits per heavy atom. The van der Waals surface area contributed by atoms with Crippen LogP contribution < -0.4 is 10.2 Å². The second-order valence-corrected chi connectivity index (χ2v) is 9.31. The zero-order valence-electron chi connectivity index (χ0n) is 19.2. The SMILES string of the molecule is CCOC(=O)c1cc2n(n1)CC(C)(C(=O)NC1CCCCC1)N(c1cccc(Cl)c1C)C2=O. The minimum Gasteiger partial charge on any atom is -0.461 e. The summed E-state index contributed by atoms with van der Waals surface area (Å²) in [5.74, 6) is -1.28. The van der Waals surface area contributed by atoms with E-state index in [2.05, 4.69) is 10.4 Å². The number of fused-ring (bicyclic) bond motifs is 1. The molecule has 1 aromatic heterocycles. The van der Waals surface area contributed by atoms with Gasteiger partial charge in [-0.05, 0) is 51.3 Å². The van der Waals surface area contributed by atoms with Crippen LogP contribution in [-0.2, 0) is 16.1 Å². The zero-order chi connectivity index (χ0) is 23.8. The van der Waals surface area contributed by atoms with Crippen molar-refractivity contribution in [2.75, 3.05) is 11.5 Å². The molecule has 2 aromatic rings. The molecule has 176 valence electrons. The first-order valence-corrected chi connectivity index (χ1v) is 11.8. The molecule has 1 aromatic carbocycles. The standard InChI is InChI=1S/C24H29ClN4O4/c1-4-33-22(31)18-13-20-21(30)29(19-12-8-11-17(25)15(19)2)24(3,14-28(20)27-18)23(32)26-16-9-6-5-7-10-16/h8,11-13,16H,4-7,9-10,14H2,1-3H3,(H,26,32). The quantitative estimate of drug-likeness (QED) is 0.666. The summed E-state index contributed by atoms with van der Waals surface area (Å²) < 4.78 is 6.49. The molecule has 0 bridgehead atoms. The van der Waals surface area contributed by atoms with Crippen LogP contribution in [0.5, 0.6) is 0 Å². The maximum absolute atomic E-state index is 13.8. The maximum atomic E-state index is 13.8.